The fraction of sp³-hybridized carbons (Fsp3) is 0.714. The first-order valence-electron chi connectivity index (χ1n) is 6.86. The Morgan fingerprint density at radius 3 is 2.58 bits per heavy atom. The summed E-state index contributed by atoms with van der Waals surface area (Å²) in [4.78, 5) is 13.1. The molecule has 106 valence electrons. The highest BCUT2D eigenvalue weighted by Crippen LogP contribution is 2.34. The molecule has 1 atom stereocenters. The molecule has 1 aliphatic rings. The van der Waals surface area contributed by atoms with Crippen LogP contribution in [0.1, 0.15) is 42.8 Å². The maximum Gasteiger partial charge on any atom is 0.317 e. The second-order valence-electron chi connectivity index (χ2n) is 5.65. The lowest BCUT2D eigenvalue weighted by Crippen LogP contribution is -2.34. The van der Waals surface area contributed by atoms with Crippen LogP contribution in [0.3, 0.4) is 0 Å². The van der Waals surface area contributed by atoms with Crippen molar-refractivity contribution in [3.8, 4) is 0 Å². The Bertz CT molecular complexity index is 477. The van der Waals surface area contributed by atoms with Crippen LogP contribution in [-0.2, 0) is 11.8 Å². The van der Waals surface area contributed by atoms with Crippen LogP contribution in [0.5, 0.6) is 0 Å². The minimum atomic E-state index is -0.758. The molecule has 1 aliphatic carbocycles. The Labute approximate surface area is 114 Å². The summed E-state index contributed by atoms with van der Waals surface area (Å²) in [6.07, 6.45) is 2.46. The molecular formula is C14H23N3O2. The van der Waals surface area contributed by atoms with Crippen molar-refractivity contribution >= 4 is 5.97 Å². The van der Waals surface area contributed by atoms with Crippen molar-refractivity contribution in [3.05, 3.63) is 17.0 Å². The number of carbonyl (C=O) groups is 1. The molecule has 19 heavy (non-hydrogen) atoms. The summed E-state index contributed by atoms with van der Waals surface area (Å²) >= 11 is 0. The summed E-state index contributed by atoms with van der Waals surface area (Å²) < 4.78 is 1.87. The van der Waals surface area contributed by atoms with Gasteiger partial charge in [0.2, 0.25) is 0 Å². The number of aryl methyl sites for hydroxylation is 2. The molecule has 1 saturated carbocycles. The monoisotopic (exact) mass is 265 g/mol. The van der Waals surface area contributed by atoms with E-state index >= 15 is 0 Å². The minimum Gasteiger partial charge on any atom is -0.480 e. The molecule has 1 heterocycles. The second kappa shape index (κ2) is 5.33. The molecular weight excluding hydrogens is 242 g/mol. The number of carboxylic acids is 1. The zero-order valence-corrected chi connectivity index (χ0v) is 12.2. The molecule has 1 aromatic heterocycles. The van der Waals surface area contributed by atoms with Gasteiger partial charge in [-0.3, -0.25) is 14.4 Å². The van der Waals surface area contributed by atoms with Gasteiger partial charge in [-0.15, -0.1) is 0 Å². The first-order valence-corrected chi connectivity index (χ1v) is 6.86. The van der Waals surface area contributed by atoms with E-state index in [2.05, 4.69) is 16.9 Å². The SMILES string of the molecule is Cc1nn(C)c(C)c1C(C)N(CC(=O)O)CC1CC1. The smallest absolute Gasteiger partial charge is 0.317 e. The fourth-order valence-electron chi connectivity index (χ4n) is 2.74. The third-order valence-corrected chi connectivity index (χ3v) is 4.06. The Hall–Kier alpha value is -1.36. The van der Waals surface area contributed by atoms with E-state index < -0.39 is 5.97 Å². The fourth-order valence-corrected chi connectivity index (χ4v) is 2.74. The summed E-state index contributed by atoms with van der Waals surface area (Å²) in [6.45, 7) is 7.10. The van der Waals surface area contributed by atoms with E-state index in [1.54, 1.807) is 0 Å². The number of hydrogen-bond donors (Lipinski definition) is 1. The Balaban J connectivity index is 2.21. The van der Waals surface area contributed by atoms with Gasteiger partial charge in [-0.1, -0.05) is 0 Å². The van der Waals surface area contributed by atoms with Crippen LogP contribution in [0.4, 0.5) is 0 Å². The van der Waals surface area contributed by atoms with Crippen molar-refractivity contribution in [1.29, 1.82) is 0 Å². The van der Waals surface area contributed by atoms with Gasteiger partial charge >= 0.3 is 5.97 Å². The predicted molar refractivity (Wildman–Crippen MR) is 73.0 cm³/mol. The van der Waals surface area contributed by atoms with Crippen molar-refractivity contribution in [2.24, 2.45) is 13.0 Å². The molecule has 0 aliphatic heterocycles. The van der Waals surface area contributed by atoms with Crippen LogP contribution >= 0.6 is 0 Å². The van der Waals surface area contributed by atoms with E-state index in [9.17, 15) is 4.79 Å². The van der Waals surface area contributed by atoms with Gasteiger partial charge in [-0.2, -0.15) is 5.10 Å². The van der Waals surface area contributed by atoms with Crippen LogP contribution in [0.25, 0.3) is 0 Å². The summed E-state index contributed by atoms with van der Waals surface area (Å²) in [6, 6.07) is 0.102. The van der Waals surface area contributed by atoms with Gasteiger partial charge in [0.25, 0.3) is 0 Å². The van der Waals surface area contributed by atoms with Gasteiger partial charge in [0.1, 0.15) is 0 Å². The van der Waals surface area contributed by atoms with E-state index in [1.165, 1.54) is 18.4 Å². The molecule has 1 unspecified atom stereocenters. The van der Waals surface area contributed by atoms with Gasteiger partial charge in [-0.05, 0) is 39.5 Å². The average Bonchev–Trinajstić information content (AvgIpc) is 3.06. The first kappa shape index (κ1) is 14.1. The van der Waals surface area contributed by atoms with Crippen molar-refractivity contribution in [2.75, 3.05) is 13.1 Å². The lowest BCUT2D eigenvalue weighted by molar-refractivity contribution is -0.139. The van der Waals surface area contributed by atoms with Crippen molar-refractivity contribution in [2.45, 2.75) is 39.7 Å². The Morgan fingerprint density at radius 2 is 2.16 bits per heavy atom. The maximum atomic E-state index is 11.1. The van der Waals surface area contributed by atoms with Crippen LogP contribution in [0.2, 0.25) is 0 Å². The number of aromatic nitrogens is 2. The Morgan fingerprint density at radius 1 is 1.53 bits per heavy atom. The van der Waals surface area contributed by atoms with Crippen molar-refractivity contribution in [3.63, 3.8) is 0 Å². The summed E-state index contributed by atoms with van der Waals surface area (Å²) in [5, 5.41) is 13.5. The Kier molecular flexibility index (Phi) is 3.94. The van der Waals surface area contributed by atoms with E-state index in [-0.39, 0.29) is 12.6 Å². The van der Waals surface area contributed by atoms with Crippen molar-refractivity contribution in [1.82, 2.24) is 14.7 Å². The summed E-state index contributed by atoms with van der Waals surface area (Å²) in [5.74, 6) is -0.0780. The number of rotatable bonds is 6. The molecule has 2 rings (SSSR count). The van der Waals surface area contributed by atoms with Crippen LogP contribution < -0.4 is 0 Å². The minimum absolute atomic E-state index is 0.102. The third kappa shape index (κ3) is 3.15. The summed E-state index contributed by atoms with van der Waals surface area (Å²) in [7, 11) is 1.93. The van der Waals surface area contributed by atoms with Gasteiger partial charge in [0, 0.05) is 30.9 Å². The molecule has 0 bridgehead atoms. The van der Waals surface area contributed by atoms with E-state index in [0.29, 0.717) is 5.92 Å². The molecule has 0 saturated heterocycles. The van der Waals surface area contributed by atoms with Gasteiger partial charge in [0.05, 0.1) is 12.2 Å². The molecule has 1 aromatic rings. The van der Waals surface area contributed by atoms with Crippen LogP contribution in [-0.4, -0.2) is 38.8 Å². The molecule has 5 heteroatoms. The van der Waals surface area contributed by atoms with Gasteiger partial charge in [0.15, 0.2) is 0 Å². The molecule has 5 nitrogen and oxygen atoms in total. The molecule has 1 N–H and O–H groups in total. The zero-order chi connectivity index (χ0) is 14.2. The highest BCUT2D eigenvalue weighted by Gasteiger charge is 2.30. The number of aliphatic carboxylic acids is 1. The van der Waals surface area contributed by atoms with Crippen molar-refractivity contribution < 1.29 is 9.90 Å². The molecule has 0 spiro atoms. The largest absolute Gasteiger partial charge is 0.480 e. The van der Waals surface area contributed by atoms with Crippen LogP contribution in [0.15, 0.2) is 0 Å². The zero-order valence-electron chi connectivity index (χ0n) is 12.2. The first-order chi connectivity index (χ1) is 8.90. The lowest BCUT2D eigenvalue weighted by atomic mass is 10.0. The molecule has 0 radical (unpaired) electrons. The average molecular weight is 265 g/mol. The predicted octanol–water partition coefficient (Wildman–Crippen LogP) is 1.89. The standard InChI is InChI=1S/C14H23N3O2/c1-9-14(10(2)16(4)15-9)11(3)17(8-13(18)19)7-12-5-6-12/h11-12H,5-8H2,1-4H3,(H,18,19). The molecule has 0 amide bonds. The topological polar surface area (TPSA) is 58.4 Å². The number of nitrogens with zero attached hydrogens (tertiary/aromatic N) is 3. The second-order valence-corrected chi connectivity index (χ2v) is 5.65. The maximum absolute atomic E-state index is 11.1. The highest BCUT2D eigenvalue weighted by molar-refractivity contribution is 5.69. The molecule has 1 fully saturated rings. The van der Waals surface area contributed by atoms with Gasteiger partial charge in [-0.25, -0.2) is 0 Å². The lowest BCUT2D eigenvalue weighted by Gasteiger charge is -2.28. The molecule has 0 aromatic carbocycles. The van der Waals surface area contributed by atoms with E-state index in [0.717, 1.165) is 17.9 Å². The normalized spacial score (nSPS) is 16.9. The van der Waals surface area contributed by atoms with Crippen LogP contribution in [0, 0.1) is 19.8 Å². The number of carboxylic acid groups (broad SMARTS) is 1. The third-order valence-electron chi connectivity index (χ3n) is 4.06. The highest BCUT2D eigenvalue weighted by atomic mass is 16.4. The quantitative estimate of drug-likeness (QED) is 0.853. The number of hydrogen-bond acceptors (Lipinski definition) is 3. The summed E-state index contributed by atoms with van der Waals surface area (Å²) in [5.41, 5.74) is 3.29. The van der Waals surface area contributed by atoms with E-state index in [1.807, 2.05) is 25.6 Å². The van der Waals surface area contributed by atoms with Gasteiger partial charge < -0.3 is 5.11 Å². The van der Waals surface area contributed by atoms with E-state index in [4.69, 9.17) is 5.11 Å².